The lowest BCUT2D eigenvalue weighted by Crippen LogP contribution is -2.26. The second kappa shape index (κ2) is 13.2. The first-order valence-electron chi connectivity index (χ1n) is 19.6. The van der Waals surface area contributed by atoms with Gasteiger partial charge in [-0.3, -0.25) is 0 Å². The molecular weight excluding hydrogens is 751 g/mol. The van der Waals surface area contributed by atoms with Gasteiger partial charge in [-0.15, -0.1) is 0 Å². The van der Waals surface area contributed by atoms with Gasteiger partial charge in [-0.05, 0) is 128 Å². The van der Waals surface area contributed by atoms with Crippen LogP contribution in [0.15, 0.2) is 146 Å². The van der Waals surface area contributed by atoms with Crippen LogP contribution in [-0.4, -0.2) is 0 Å². The number of hydrogen-bond acceptors (Lipinski definition) is 2. The Morgan fingerprint density at radius 3 is 0.804 bits per heavy atom. The van der Waals surface area contributed by atoms with Crippen molar-refractivity contribution in [1.82, 2.24) is 0 Å². The minimum Gasteiger partial charge on any atom is -0.0826 e. The van der Waals surface area contributed by atoms with Crippen LogP contribution >= 0.6 is 12.1 Å². The summed E-state index contributed by atoms with van der Waals surface area (Å²) in [5, 5.41) is 7.46. The van der Waals surface area contributed by atoms with Gasteiger partial charge in [-0.2, -0.15) is 0 Å². The molecule has 56 heavy (non-hydrogen) atoms. The third-order valence-corrected chi connectivity index (χ3v) is 22.7. The van der Waals surface area contributed by atoms with E-state index < -0.39 is 12.1 Å². The largest absolute Gasteiger partial charge is 0.0826 e. The lowest BCUT2D eigenvalue weighted by Gasteiger charge is -2.27. The predicted octanol–water partition coefficient (Wildman–Crippen LogP) is 11.0. The highest BCUT2D eigenvalue weighted by Crippen LogP contribution is 2.57. The van der Waals surface area contributed by atoms with Gasteiger partial charge in [0.15, 0.2) is 0 Å². The van der Waals surface area contributed by atoms with Gasteiger partial charge in [0.25, 0.3) is 0 Å². The Morgan fingerprint density at radius 2 is 0.536 bits per heavy atom. The summed E-state index contributed by atoms with van der Waals surface area (Å²) < 4.78 is 0. The minimum atomic E-state index is -2.32. The first kappa shape index (κ1) is 37.4. The normalized spacial score (nSPS) is 14.9. The summed E-state index contributed by atoms with van der Waals surface area (Å²) in [5.74, 6) is 0. The van der Waals surface area contributed by atoms with Gasteiger partial charge in [0.1, 0.15) is 0 Å². The van der Waals surface area contributed by atoms with Crippen molar-refractivity contribution < 1.29 is 0 Å². The number of rotatable bonds is 6. The number of fused-ring (bicyclic) bond motifs is 6. The van der Waals surface area contributed by atoms with Crippen molar-refractivity contribution in [1.29, 1.82) is 0 Å². The monoisotopic (exact) mass is 798 g/mol. The van der Waals surface area contributed by atoms with Crippen LogP contribution in [0.25, 0.3) is 22.3 Å². The SMILES string of the molecule is Cc1ccc(P(=S)(c2ccc(C)cc2)c2ccc3c(c2)C(C)(C)c2cc4c(cc2-3)C(C)(C)c2cc(P(=S)(c3ccc(C)cc3)c3ccc(C)cc3)ccc2-4)cc1. The van der Waals surface area contributed by atoms with Crippen LogP contribution in [0, 0.1) is 27.7 Å². The van der Waals surface area contributed by atoms with Crippen molar-refractivity contribution >= 4 is 67.5 Å². The first-order valence-corrected chi connectivity index (χ1v) is 25.2. The van der Waals surface area contributed by atoms with E-state index in [0.29, 0.717) is 0 Å². The van der Waals surface area contributed by atoms with Crippen molar-refractivity contribution in [2.45, 2.75) is 66.2 Å². The molecule has 9 rings (SSSR count). The molecule has 0 heterocycles. The fraction of sp³-hybridized carbons (Fsp3) is 0.192. The molecule has 7 aromatic rings. The molecule has 0 atom stereocenters. The molecule has 0 aromatic heterocycles. The topological polar surface area (TPSA) is 0 Å². The average Bonchev–Trinajstić information content (AvgIpc) is 3.55. The van der Waals surface area contributed by atoms with Crippen molar-refractivity contribution in [3.63, 3.8) is 0 Å². The summed E-state index contributed by atoms with van der Waals surface area (Å²) in [6.07, 6.45) is 0. The minimum absolute atomic E-state index is 0.193. The van der Waals surface area contributed by atoms with Crippen LogP contribution in [0.4, 0.5) is 0 Å². The van der Waals surface area contributed by atoms with Crippen LogP contribution in [0.3, 0.4) is 0 Å². The van der Waals surface area contributed by atoms with Crippen molar-refractivity contribution in [2.24, 2.45) is 0 Å². The molecule has 278 valence electrons. The molecule has 0 amide bonds. The Balaban J connectivity index is 1.17. The number of hydrogen-bond donors (Lipinski definition) is 0. The van der Waals surface area contributed by atoms with Crippen molar-refractivity contribution in [3.05, 3.63) is 190 Å². The molecule has 0 unspecified atom stereocenters. The second-order valence-corrected chi connectivity index (χ2v) is 26.0. The van der Waals surface area contributed by atoms with E-state index in [1.165, 1.54) is 98.6 Å². The molecule has 0 radical (unpaired) electrons. The lowest BCUT2D eigenvalue weighted by atomic mass is 9.79. The van der Waals surface area contributed by atoms with Gasteiger partial charge in [-0.25, -0.2) is 0 Å². The van der Waals surface area contributed by atoms with Crippen LogP contribution in [0.1, 0.15) is 72.2 Å². The number of benzene rings is 7. The molecule has 2 aliphatic rings. The predicted molar refractivity (Wildman–Crippen MR) is 253 cm³/mol. The smallest absolute Gasteiger partial charge is 0.0379 e. The molecule has 0 bridgehead atoms. The molecule has 0 aliphatic heterocycles. The third-order valence-electron chi connectivity index (χ3n) is 12.8. The molecule has 0 saturated carbocycles. The number of aryl methyl sites for hydroxylation is 4. The van der Waals surface area contributed by atoms with E-state index >= 15 is 0 Å². The van der Waals surface area contributed by atoms with Gasteiger partial charge >= 0.3 is 0 Å². The molecule has 0 spiro atoms. The second-order valence-electron chi connectivity index (χ2n) is 17.2. The summed E-state index contributed by atoms with van der Waals surface area (Å²) >= 11 is 13.8. The van der Waals surface area contributed by atoms with Gasteiger partial charge in [0.05, 0.1) is 0 Å². The average molecular weight is 799 g/mol. The van der Waals surface area contributed by atoms with E-state index in [9.17, 15) is 0 Å². The van der Waals surface area contributed by atoms with E-state index in [1.54, 1.807) is 0 Å². The molecular formula is C52H48P2S2. The summed E-state index contributed by atoms with van der Waals surface area (Å²) in [4.78, 5) is 0. The van der Waals surface area contributed by atoms with Crippen LogP contribution in [0.2, 0.25) is 0 Å². The Hall–Kier alpha value is -4.16. The van der Waals surface area contributed by atoms with E-state index in [1.807, 2.05) is 0 Å². The zero-order valence-electron chi connectivity index (χ0n) is 33.6. The van der Waals surface area contributed by atoms with E-state index in [4.69, 9.17) is 23.6 Å². The third kappa shape index (κ3) is 5.59. The van der Waals surface area contributed by atoms with Crippen LogP contribution in [-0.2, 0) is 34.4 Å². The van der Waals surface area contributed by atoms with Gasteiger partial charge < -0.3 is 0 Å². The maximum Gasteiger partial charge on any atom is 0.0379 e. The summed E-state index contributed by atoms with van der Waals surface area (Å²) in [6, 6.07) is 50.6. The van der Waals surface area contributed by atoms with Crippen molar-refractivity contribution in [2.75, 3.05) is 0 Å². The zero-order valence-corrected chi connectivity index (χ0v) is 37.0. The molecule has 0 saturated heterocycles. The van der Waals surface area contributed by atoms with Crippen molar-refractivity contribution in [3.8, 4) is 22.3 Å². The molecule has 0 N–H and O–H groups in total. The standard InChI is InChI=1S/C52H48P2S2/c1-33-9-17-37(18-10-33)53(55,38-19-11-34(2)12-20-38)41-25-27-43-45-31-50-46(32-49(45)51(5,6)47(43)29-41)44-28-26-42(30-48(44)52(50,7)8)54(56,39-21-13-35(3)14-22-39)40-23-15-36(4)16-24-40/h9-32H,1-8H3. The Bertz CT molecular complexity index is 2510. The van der Waals surface area contributed by atoms with E-state index in [2.05, 4.69) is 201 Å². The fourth-order valence-corrected chi connectivity index (χ4v) is 16.6. The van der Waals surface area contributed by atoms with E-state index in [0.717, 1.165) is 0 Å². The Kier molecular flexibility index (Phi) is 8.82. The summed E-state index contributed by atoms with van der Waals surface area (Å²) in [6.45, 7) is 18.2. The molecule has 0 fully saturated rings. The molecule has 0 nitrogen and oxygen atoms in total. The molecule has 4 heteroatoms. The Labute approximate surface area is 344 Å². The quantitative estimate of drug-likeness (QED) is 0.154. The highest BCUT2D eigenvalue weighted by molar-refractivity contribution is 8.26. The summed E-state index contributed by atoms with van der Waals surface area (Å²) in [5.41, 5.74) is 15.5. The maximum absolute atomic E-state index is 6.88. The summed E-state index contributed by atoms with van der Waals surface area (Å²) in [7, 11) is 0. The fourth-order valence-electron chi connectivity index (χ4n) is 9.24. The molecule has 2 aliphatic carbocycles. The first-order chi connectivity index (χ1) is 26.6. The van der Waals surface area contributed by atoms with Gasteiger partial charge in [0, 0.05) is 22.9 Å². The van der Waals surface area contributed by atoms with Gasteiger partial charge in [0.2, 0.25) is 0 Å². The zero-order chi connectivity index (χ0) is 39.4. The Morgan fingerprint density at radius 1 is 0.304 bits per heavy atom. The van der Waals surface area contributed by atoms with E-state index in [-0.39, 0.29) is 10.8 Å². The highest BCUT2D eigenvalue weighted by Gasteiger charge is 2.43. The maximum atomic E-state index is 6.88. The van der Waals surface area contributed by atoms with Crippen LogP contribution in [0.5, 0.6) is 0 Å². The highest BCUT2D eigenvalue weighted by atomic mass is 32.4. The van der Waals surface area contributed by atoms with Gasteiger partial charge in [-0.1, -0.05) is 195 Å². The van der Waals surface area contributed by atoms with Crippen LogP contribution < -0.4 is 31.8 Å². The molecule has 7 aromatic carbocycles. The lowest BCUT2D eigenvalue weighted by molar-refractivity contribution is 0.652.